The molecule has 2 aromatic carbocycles. The molecule has 6 heteroatoms. The molecule has 0 saturated heterocycles. The summed E-state index contributed by atoms with van der Waals surface area (Å²) in [7, 11) is 1.28. The van der Waals surface area contributed by atoms with Crippen molar-refractivity contribution in [2.75, 3.05) is 7.11 Å². The second-order valence-corrected chi connectivity index (χ2v) is 5.84. The first-order chi connectivity index (χ1) is 11.9. The van der Waals surface area contributed by atoms with Gasteiger partial charge in [-0.15, -0.1) is 0 Å². The lowest BCUT2D eigenvalue weighted by molar-refractivity contribution is -0.142. The maximum absolute atomic E-state index is 12.7. The lowest BCUT2D eigenvalue weighted by Gasteiger charge is -2.17. The summed E-state index contributed by atoms with van der Waals surface area (Å²) in [6, 6.07) is 13.5. The highest BCUT2D eigenvalue weighted by Gasteiger charge is 2.37. The molecule has 130 valence electrons. The molecule has 1 aliphatic heterocycles. The minimum Gasteiger partial charge on any atom is -0.467 e. The molecule has 1 heterocycles. The first-order valence-corrected chi connectivity index (χ1v) is 7.77. The van der Waals surface area contributed by atoms with Gasteiger partial charge >= 0.3 is 12.1 Å². The molecular weight excluding hydrogens is 331 g/mol. The van der Waals surface area contributed by atoms with Gasteiger partial charge in [-0.25, -0.2) is 4.79 Å². The Hall–Kier alpha value is -2.63. The summed E-state index contributed by atoms with van der Waals surface area (Å²) in [5, 5.41) is 0. The lowest BCUT2D eigenvalue weighted by Crippen LogP contribution is -2.24. The number of aliphatic imine (C=N–C) groups is 1. The fourth-order valence-corrected chi connectivity index (χ4v) is 3.01. The van der Waals surface area contributed by atoms with Crippen LogP contribution in [0.5, 0.6) is 0 Å². The van der Waals surface area contributed by atoms with Gasteiger partial charge in [-0.1, -0.05) is 42.5 Å². The van der Waals surface area contributed by atoms with Gasteiger partial charge in [-0.3, -0.25) is 4.99 Å². The summed E-state index contributed by atoms with van der Waals surface area (Å²) in [5.74, 6) is -0.833. The van der Waals surface area contributed by atoms with Gasteiger partial charge in [0.15, 0.2) is 6.04 Å². The predicted molar refractivity (Wildman–Crippen MR) is 87.6 cm³/mol. The number of benzene rings is 2. The van der Waals surface area contributed by atoms with Crippen molar-refractivity contribution in [2.24, 2.45) is 4.99 Å². The van der Waals surface area contributed by atoms with Crippen molar-refractivity contribution in [1.29, 1.82) is 0 Å². The van der Waals surface area contributed by atoms with Crippen molar-refractivity contribution in [3.8, 4) is 0 Å². The standard InChI is InChI=1S/C19H16F3NO2/c1-25-18(24)17-15(11-16(23-17)13-5-3-2-4-6-13)12-7-9-14(10-8-12)19(20,21)22/h2-10,15,17H,11H2,1H3/t15-,17+/m1/s1. The SMILES string of the molecule is COC(=O)[C@H]1N=C(c2ccccc2)C[C@@H]1c1ccc(C(F)(F)F)cc1. The third-order valence-corrected chi connectivity index (χ3v) is 4.31. The molecular formula is C19H16F3NO2. The molecule has 0 spiro atoms. The van der Waals surface area contributed by atoms with Crippen molar-refractivity contribution in [1.82, 2.24) is 0 Å². The number of alkyl halides is 3. The van der Waals surface area contributed by atoms with Crippen LogP contribution < -0.4 is 0 Å². The van der Waals surface area contributed by atoms with Gasteiger partial charge < -0.3 is 4.74 Å². The molecule has 0 radical (unpaired) electrons. The molecule has 2 aromatic rings. The molecule has 0 aromatic heterocycles. The molecule has 2 atom stereocenters. The van der Waals surface area contributed by atoms with Gasteiger partial charge in [0.1, 0.15) is 0 Å². The van der Waals surface area contributed by atoms with Gasteiger partial charge in [0.2, 0.25) is 0 Å². The highest BCUT2D eigenvalue weighted by molar-refractivity contribution is 6.04. The van der Waals surface area contributed by atoms with E-state index in [0.29, 0.717) is 12.0 Å². The average Bonchev–Trinajstić information content (AvgIpc) is 3.06. The monoisotopic (exact) mass is 347 g/mol. The number of hydrogen-bond donors (Lipinski definition) is 0. The molecule has 0 N–H and O–H groups in total. The van der Waals surface area contributed by atoms with Crippen LogP contribution >= 0.6 is 0 Å². The molecule has 1 aliphatic rings. The minimum atomic E-state index is -4.39. The zero-order chi connectivity index (χ0) is 18.0. The van der Waals surface area contributed by atoms with Crippen LogP contribution in [0.3, 0.4) is 0 Å². The summed E-state index contributed by atoms with van der Waals surface area (Å²) >= 11 is 0. The van der Waals surface area contributed by atoms with E-state index in [4.69, 9.17) is 4.74 Å². The zero-order valence-corrected chi connectivity index (χ0v) is 13.5. The van der Waals surface area contributed by atoms with Gasteiger partial charge in [0.05, 0.1) is 12.7 Å². The minimum absolute atomic E-state index is 0.343. The van der Waals surface area contributed by atoms with E-state index in [2.05, 4.69) is 4.99 Å². The third-order valence-electron chi connectivity index (χ3n) is 4.31. The fraction of sp³-hybridized carbons (Fsp3) is 0.263. The Balaban J connectivity index is 1.91. The summed E-state index contributed by atoms with van der Waals surface area (Å²) in [6.07, 6.45) is -3.92. The number of carbonyl (C=O) groups is 1. The van der Waals surface area contributed by atoms with E-state index in [1.165, 1.54) is 19.2 Å². The van der Waals surface area contributed by atoms with Gasteiger partial charge in [0.25, 0.3) is 0 Å². The first-order valence-electron chi connectivity index (χ1n) is 7.77. The van der Waals surface area contributed by atoms with Crippen LogP contribution in [0.1, 0.15) is 29.0 Å². The number of rotatable bonds is 3. The largest absolute Gasteiger partial charge is 0.467 e. The number of halogens is 3. The smallest absolute Gasteiger partial charge is 0.416 e. The molecule has 0 bridgehead atoms. The van der Waals surface area contributed by atoms with Crippen LogP contribution in [0, 0.1) is 0 Å². The van der Waals surface area contributed by atoms with Crippen LogP contribution in [0.25, 0.3) is 0 Å². The van der Waals surface area contributed by atoms with Gasteiger partial charge in [-0.05, 0) is 29.7 Å². The zero-order valence-electron chi connectivity index (χ0n) is 13.5. The molecule has 0 saturated carbocycles. The Morgan fingerprint density at radius 2 is 1.72 bits per heavy atom. The van der Waals surface area contributed by atoms with Crippen LogP contribution in [0.4, 0.5) is 13.2 Å². The van der Waals surface area contributed by atoms with E-state index in [1.54, 1.807) is 0 Å². The quantitative estimate of drug-likeness (QED) is 0.780. The highest BCUT2D eigenvalue weighted by atomic mass is 19.4. The summed E-state index contributed by atoms with van der Waals surface area (Å²) in [6.45, 7) is 0. The van der Waals surface area contributed by atoms with Crippen molar-refractivity contribution in [3.05, 3.63) is 71.3 Å². The molecule has 0 fully saturated rings. The van der Waals surface area contributed by atoms with E-state index in [1.807, 2.05) is 30.3 Å². The normalized spacial score (nSPS) is 20.2. The summed E-state index contributed by atoms with van der Waals surface area (Å²) in [4.78, 5) is 16.6. The molecule has 0 aliphatic carbocycles. The van der Waals surface area contributed by atoms with Gasteiger partial charge in [0, 0.05) is 11.6 Å². The van der Waals surface area contributed by atoms with E-state index in [0.717, 1.165) is 23.4 Å². The van der Waals surface area contributed by atoms with Crippen LogP contribution in [-0.4, -0.2) is 24.8 Å². The Bertz CT molecular complexity index is 783. The van der Waals surface area contributed by atoms with E-state index < -0.39 is 23.8 Å². The predicted octanol–water partition coefficient (Wildman–Crippen LogP) is 4.22. The Labute approximate surface area is 143 Å². The van der Waals surface area contributed by atoms with Gasteiger partial charge in [-0.2, -0.15) is 13.2 Å². The van der Waals surface area contributed by atoms with Crippen molar-refractivity contribution >= 4 is 11.7 Å². The number of ether oxygens (including phenoxy) is 1. The molecule has 0 unspecified atom stereocenters. The van der Waals surface area contributed by atoms with E-state index in [-0.39, 0.29) is 5.92 Å². The van der Waals surface area contributed by atoms with Crippen LogP contribution in [0.2, 0.25) is 0 Å². The van der Waals surface area contributed by atoms with E-state index >= 15 is 0 Å². The molecule has 3 nitrogen and oxygen atoms in total. The number of nitrogens with zero attached hydrogens (tertiary/aromatic N) is 1. The highest BCUT2D eigenvalue weighted by Crippen LogP contribution is 2.36. The Kier molecular flexibility index (Phi) is 4.61. The van der Waals surface area contributed by atoms with Crippen molar-refractivity contribution in [3.63, 3.8) is 0 Å². The number of hydrogen-bond acceptors (Lipinski definition) is 3. The number of methoxy groups -OCH3 is 1. The maximum Gasteiger partial charge on any atom is 0.416 e. The lowest BCUT2D eigenvalue weighted by atomic mass is 9.88. The topological polar surface area (TPSA) is 38.7 Å². The summed E-state index contributed by atoms with van der Waals surface area (Å²) in [5.41, 5.74) is 1.57. The van der Waals surface area contributed by atoms with Crippen LogP contribution in [-0.2, 0) is 15.7 Å². The number of esters is 1. The fourth-order valence-electron chi connectivity index (χ4n) is 3.01. The Morgan fingerprint density at radius 1 is 1.08 bits per heavy atom. The maximum atomic E-state index is 12.7. The average molecular weight is 347 g/mol. The molecule has 25 heavy (non-hydrogen) atoms. The molecule has 0 amide bonds. The van der Waals surface area contributed by atoms with Crippen LogP contribution in [0.15, 0.2) is 59.6 Å². The first kappa shape index (κ1) is 17.2. The Morgan fingerprint density at radius 3 is 2.28 bits per heavy atom. The number of carbonyl (C=O) groups excluding carboxylic acids is 1. The molecule has 3 rings (SSSR count). The van der Waals surface area contributed by atoms with Crippen molar-refractivity contribution in [2.45, 2.75) is 24.6 Å². The van der Waals surface area contributed by atoms with Crippen molar-refractivity contribution < 1.29 is 22.7 Å². The second kappa shape index (κ2) is 6.70. The third kappa shape index (κ3) is 3.57. The van der Waals surface area contributed by atoms with E-state index in [9.17, 15) is 18.0 Å². The second-order valence-electron chi connectivity index (χ2n) is 5.84. The summed E-state index contributed by atoms with van der Waals surface area (Å²) < 4.78 is 43.1.